The second-order valence-electron chi connectivity index (χ2n) is 4.49. The molecular weight excluding hydrogens is 295 g/mol. The third kappa shape index (κ3) is 3.53. The second kappa shape index (κ2) is 5.87. The maximum Gasteiger partial charge on any atom is 0.417 e. The lowest BCUT2D eigenvalue weighted by Crippen LogP contribution is -2.33. The van der Waals surface area contributed by atoms with Gasteiger partial charge < -0.3 is 10.2 Å². The molecule has 1 saturated heterocycles. The highest BCUT2D eigenvalue weighted by atomic mass is 35.5. The van der Waals surface area contributed by atoms with Crippen LogP contribution in [-0.2, 0) is 11.0 Å². The molecule has 1 aromatic heterocycles. The van der Waals surface area contributed by atoms with E-state index >= 15 is 0 Å². The summed E-state index contributed by atoms with van der Waals surface area (Å²) in [5.41, 5.74) is -0.918. The smallest absolute Gasteiger partial charge is 0.360 e. The number of hydrogen-bond donors (Lipinski definition) is 1. The summed E-state index contributed by atoms with van der Waals surface area (Å²) in [5.74, 6) is -0.0347. The highest BCUT2D eigenvalue weighted by Crippen LogP contribution is 2.32. The zero-order chi connectivity index (χ0) is 14.8. The Labute approximate surface area is 118 Å². The van der Waals surface area contributed by atoms with Gasteiger partial charge in [-0.15, -0.1) is 0 Å². The van der Waals surface area contributed by atoms with E-state index in [-0.39, 0.29) is 23.3 Å². The zero-order valence-electron chi connectivity index (χ0n) is 10.5. The van der Waals surface area contributed by atoms with Crippen LogP contribution in [0.1, 0.15) is 18.4 Å². The number of halogens is 4. The SMILES string of the molecule is O=C(CNc1ncc(C(F)(F)F)cc1Cl)N1CCCC1. The molecule has 4 nitrogen and oxygen atoms in total. The van der Waals surface area contributed by atoms with Gasteiger partial charge in [-0.1, -0.05) is 11.6 Å². The fourth-order valence-corrected chi connectivity index (χ4v) is 2.19. The summed E-state index contributed by atoms with van der Waals surface area (Å²) in [6, 6.07) is 0.789. The number of amides is 1. The average Bonchev–Trinajstić information content (AvgIpc) is 2.89. The van der Waals surface area contributed by atoms with Crippen molar-refractivity contribution in [2.45, 2.75) is 19.0 Å². The number of pyridine rings is 1. The minimum Gasteiger partial charge on any atom is -0.360 e. The van der Waals surface area contributed by atoms with Gasteiger partial charge in [-0.25, -0.2) is 4.98 Å². The number of likely N-dealkylation sites (tertiary alicyclic amines) is 1. The molecule has 1 amide bonds. The number of nitrogens with zero attached hydrogens (tertiary/aromatic N) is 2. The highest BCUT2D eigenvalue weighted by Gasteiger charge is 2.31. The Bertz CT molecular complexity index is 501. The molecule has 1 aliphatic rings. The Hall–Kier alpha value is -1.50. The first-order valence-electron chi connectivity index (χ1n) is 6.12. The lowest BCUT2D eigenvalue weighted by atomic mass is 10.3. The van der Waals surface area contributed by atoms with Crippen LogP contribution in [0.5, 0.6) is 0 Å². The van der Waals surface area contributed by atoms with Crippen LogP contribution in [0.15, 0.2) is 12.3 Å². The molecule has 1 N–H and O–H groups in total. The molecule has 0 unspecified atom stereocenters. The fourth-order valence-electron chi connectivity index (χ4n) is 1.96. The molecule has 1 aliphatic heterocycles. The molecule has 1 fully saturated rings. The van der Waals surface area contributed by atoms with Crippen molar-refractivity contribution < 1.29 is 18.0 Å². The number of alkyl halides is 3. The Morgan fingerprint density at radius 2 is 2.05 bits per heavy atom. The van der Waals surface area contributed by atoms with Gasteiger partial charge in [0.25, 0.3) is 0 Å². The van der Waals surface area contributed by atoms with Crippen molar-refractivity contribution in [2.24, 2.45) is 0 Å². The van der Waals surface area contributed by atoms with Gasteiger partial charge in [-0.3, -0.25) is 4.79 Å². The van der Waals surface area contributed by atoms with E-state index in [1.165, 1.54) is 0 Å². The summed E-state index contributed by atoms with van der Waals surface area (Å²) in [6.07, 6.45) is -1.84. The summed E-state index contributed by atoms with van der Waals surface area (Å²) in [4.78, 5) is 17.1. The highest BCUT2D eigenvalue weighted by molar-refractivity contribution is 6.33. The predicted molar refractivity (Wildman–Crippen MR) is 68.6 cm³/mol. The molecule has 0 spiro atoms. The van der Waals surface area contributed by atoms with E-state index in [9.17, 15) is 18.0 Å². The Morgan fingerprint density at radius 1 is 1.40 bits per heavy atom. The lowest BCUT2D eigenvalue weighted by Gasteiger charge is -2.16. The number of rotatable bonds is 3. The van der Waals surface area contributed by atoms with Crippen molar-refractivity contribution in [2.75, 3.05) is 25.0 Å². The van der Waals surface area contributed by atoms with Gasteiger partial charge in [0, 0.05) is 19.3 Å². The molecule has 0 saturated carbocycles. The maximum atomic E-state index is 12.4. The first-order valence-corrected chi connectivity index (χ1v) is 6.50. The van der Waals surface area contributed by atoms with Crippen molar-refractivity contribution in [3.05, 3.63) is 22.8 Å². The van der Waals surface area contributed by atoms with Gasteiger partial charge in [-0.2, -0.15) is 13.2 Å². The van der Waals surface area contributed by atoms with Crippen LogP contribution in [0.2, 0.25) is 5.02 Å². The maximum absolute atomic E-state index is 12.4. The number of aromatic nitrogens is 1. The zero-order valence-corrected chi connectivity index (χ0v) is 11.3. The summed E-state index contributed by atoms with van der Waals surface area (Å²) >= 11 is 5.73. The van der Waals surface area contributed by atoms with Crippen LogP contribution in [-0.4, -0.2) is 35.4 Å². The quantitative estimate of drug-likeness (QED) is 0.934. The first kappa shape index (κ1) is 14.9. The van der Waals surface area contributed by atoms with Crippen molar-refractivity contribution in [1.82, 2.24) is 9.88 Å². The van der Waals surface area contributed by atoms with E-state index in [0.717, 1.165) is 18.9 Å². The van der Waals surface area contributed by atoms with E-state index in [0.29, 0.717) is 19.3 Å². The van der Waals surface area contributed by atoms with E-state index in [1.54, 1.807) is 4.90 Å². The Balaban J connectivity index is 1.98. The number of anilines is 1. The van der Waals surface area contributed by atoms with Gasteiger partial charge in [0.2, 0.25) is 5.91 Å². The third-order valence-electron chi connectivity index (χ3n) is 3.03. The molecule has 0 radical (unpaired) electrons. The molecule has 0 bridgehead atoms. The molecule has 0 aromatic carbocycles. The third-order valence-corrected chi connectivity index (χ3v) is 3.32. The molecule has 2 heterocycles. The van der Waals surface area contributed by atoms with Crippen LogP contribution in [0.25, 0.3) is 0 Å². The minimum absolute atomic E-state index is 0.0297. The van der Waals surface area contributed by atoms with Crippen LogP contribution in [0.3, 0.4) is 0 Å². The molecule has 20 heavy (non-hydrogen) atoms. The van der Waals surface area contributed by atoms with Crippen molar-refractivity contribution >= 4 is 23.3 Å². The number of carbonyl (C=O) groups is 1. The summed E-state index contributed by atoms with van der Waals surface area (Å²) in [6.45, 7) is 1.40. The van der Waals surface area contributed by atoms with E-state index in [2.05, 4.69) is 10.3 Å². The Morgan fingerprint density at radius 3 is 2.60 bits per heavy atom. The first-order chi connectivity index (χ1) is 9.38. The van der Waals surface area contributed by atoms with E-state index in [4.69, 9.17) is 11.6 Å². The average molecular weight is 308 g/mol. The molecule has 110 valence electrons. The van der Waals surface area contributed by atoms with Gasteiger partial charge >= 0.3 is 6.18 Å². The van der Waals surface area contributed by atoms with Gasteiger partial charge in [0.15, 0.2) is 0 Å². The normalized spacial score (nSPS) is 15.5. The van der Waals surface area contributed by atoms with Gasteiger partial charge in [0.1, 0.15) is 5.82 Å². The molecular formula is C12H13ClF3N3O. The van der Waals surface area contributed by atoms with Crippen LogP contribution >= 0.6 is 11.6 Å². The summed E-state index contributed by atoms with van der Waals surface area (Å²) < 4.78 is 37.3. The standard InChI is InChI=1S/C12H13ClF3N3O/c13-9-5-8(12(14,15)16)6-17-11(9)18-7-10(20)19-3-1-2-4-19/h5-6H,1-4,7H2,(H,17,18). The predicted octanol–water partition coefficient (Wildman–Crippen LogP) is 2.79. The fraction of sp³-hybridized carbons (Fsp3) is 0.500. The summed E-state index contributed by atoms with van der Waals surface area (Å²) in [7, 11) is 0. The topological polar surface area (TPSA) is 45.2 Å². The molecule has 0 atom stereocenters. The number of nitrogens with one attached hydrogen (secondary N) is 1. The molecule has 8 heteroatoms. The van der Waals surface area contributed by atoms with Crippen molar-refractivity contribution in [3.8, 4) is 0 Å². The molecule has 0 aliphatic carbocycles. The number of hydrogen-bond acceptors (Lipinski definition) is 3. The molecule has 2 rings (SSSR count). The second-order valence-corrected chi connectivity index (χ2v) is 4.90. The van der Waals surface area contributed by atoms with E-state index in [1.807, 2.05) is 0 Å². The Kier molecular flexibility index (Phi) is 4.37. The van der Waals surface area contributed by atoms with Crippen molar-refractivity contribution in [1.29, 1.82) is 0 Å². The minimum atomic E-state index is -4.49. The summed E-state index contributed by atoms with van der Waals surface area (Å²) in [5, 5.41) is 2.51. The van der Waals surface area contributed by atoms with Crippen molar-refractivity contribution in [3.63, 3.8) is 0 Å². The van der Waals surface area contributed by atoms with Crippen LogP contribution in [0.4, 0.5) is 19.0 Å². The van der Waals surface area contributed by atoms with Crippen LogP contribution in [0, 0.1) is 0 Å². The molecule has 1 aromatic rings. The van der Waals surface area contributed by atoms with Gasteiger partial charge in [0.05, 0.1) is 17.1 Å². The van der Waals surface area contributed by atoms with E-state index < -0.39 is 11.7 Å². The lowest BCUT2D eigenvalue weighted by molar-refractivity contribution is -0.137. The van der Waals surface area contributed by atoms with Gasteiger partial charge in [-0.05, 0) is 18.9 Å². The monoisotopic (exact) mass is 307 g/mol. The largest absolute Gasteiger partial charge is 0.417 e. The van der Waals surface area contributed by atoms with Crippen LogP contribution < -0.4 is 5.32 Å². The number of carbonyl (C=O) groups excluding carboxylic acids is 1.